The maximum atomic E-state index is 11.5. The summed E-state index contributed by atoms with van der Waals surface area (Å²) in [5.74, 6) is -1.33. The van der Waals surface area contributed by atoms with Gasteiger partial charge in [-0.05, 0) is 13.0 Å². The van der Waals surface area contributed by atoms with E-state index in [1.54, 1.807) is 6.92 Å². The molecule has 0 aliphatic heterocycles. The van der Waals surface area contributed by atoms with Gasteiger partial charge in [0.1, 0.15) is 6.20 Å². The normalized spacial score (nSPS) is 10.2. The van der Waals surface area contributed by atoms with Crippen molar-refractivity contribution in [3.05, 3.63) is 46.3 Å². The van der Waals surface area contributed by atoms with Crippen LogP contribution in [0.1, 0.15) is 17.3 Å². The van der Waals surface area contributed by atoms with Gasteiger partial charge in [-0.15, -0.1) is 0 Å². The molecule has 0 fully saturated rings. The molecule has 0 aliphatic rings. The Balaban J connectivity index is 2.86. The van der Waals surface area contributed by atoms with Gasteiger partial charge in [-0.1, -0.05) is 6.08 Å². The molecule has 0 atom stereocenters. The summed E-state index contributed by atoms with van der Waals surface area (Å²) in [6.45, 7) is 1.62. The van der Waals surface area contributed by atoms with E-state index in [4.69, 9.17) is 0 Å². The van der Waals surface area contributed by atoms with E-state index < -0.39 is 16.7 Å². The van der Waals surface area contributed by atoms with Crippen LogP contribution in [0.3, 0.4) is 0 Å². The van der Waals surface area contributed by atoms with Gasteiger partial charge in [-0.25, -0.2) is 0 Å². The average Bonchev–Trinajstić information content (AvgIpc) is 2.29. The Morgan fingerprint density at radius 3 is 2.76 bits per heavy atom. The van der Waals surface area contributed by atoms with E-state index in [1.807, 2.05) is 5.32 Å². The number of aromatic nitrogens is 1. The van der Waals surface area contributed by atoms with E-state index in [9.17, 15) is 19.7 Å². The first-order chi connectivity index (χ1) is 8.04. The number of nitrogens with zero attached hydrogens (tertiary/aromatic N) is 2. The second-order valence-corrected chi connectivity index (χ2v) is 3.01. The number of carbonyl (C=O) groups excluding carboxylic acids is 2. The summed E-state index contributed by atoms with van der Waals surface area (Å²) >= 11 is 0. The third-order valence-corrected chi connectivity index (χ3v) is 1.75. The lowest BCUT2D eigenvalue weighted by molar-refractivity contribution is -0.385. The molecule has 2 amide bonds. The van der Waals surface area contributed by atoms with Gasteiger partial charge in [0.2, 0.25) is 5.91 Å². The first-order valence-electron chi connectivity index (χ1n) is 4.62. The van der Waals surface area contributed by atoms with E-state index >= 15 is 0 Å². The van der Waals surface area contributed by atoms with Crippen molar-refractivity contribution < 1.29 is 14.5 Å². The third kappa shape index (κ3) is 3.49. The predicted octanol–water partition coefficient (Wildman–Crippen LogP) is 0.822. The van der Waals surface area contributed by atoms with Gasteiger partial charge in [0.15, 0.2) is 0 Å². The van der Waals surface area contributed by atoms with Crippen LogP contribution in [0.4, 0.5) is 5.69 Å². The van der Waals surface area contributed by atoms with Crippen molar-refractivity contribution in [2.75, 3.05) is 0 Å². The minimum absolute atomic E-state index is 0.0444. The van der Waals surface area contributed by atoms with Gasteiger partial charge in [0.05, 0.1) is 10.5 Å². The van der Waals surface area contributed by atoms with Gasteiger partial charge >= 0.3 is 0 Å². The second-order valence-electron chi connectivity index (χ2n) is 3.01. The summed E-state index contributed by atoms with van der Waals surface area (Å²) in [6, 6.07) is 1.05. The summed E-state index contributed by atoms with van der Waals surface area (Å²) in [4.78, 5) is 35.9. The zero-order valence-corrected chi connectivity index (χ0v) is 8.91. The fraction of sp³-hybridized carbons (Fsp3) is 0.100. The summed E-state index contributed by atoms with van der Waals surface area (Å²) in [5, 5.41) is 12.5. The summed E-state index contributed by atoms with van der Waals surface area (Å²) in [6.07, 6.45) is 4.80. The first kappa shape index (κ1) is 12.5. The molecular weight excluding hydrogens is 226 g/mol. The van der Waals surface area contributed by atoms with E-state index in [2.05, 4.69) is 4.98 Å². The zero-order chi connectivity index (χ0) is 12.8. The van der Waals surface area contributed by atoms with Crippen molar-refractivity contribution in [3.8, 4) is 0 Å². The predicted molar refractivity (Wildman–Crippen MR) is 58.2 cm³/mol. The molecule has 1 aromatic heterocycles. The largest absolute Gasteiger partial charge is 0.289 e. The molecule has 1 heterocycles. The highest BCUT2D eigenvalue weighted by Gasteiger charge is 2.13. The van der Waals surface area contributed by atoms with Crippen molar-refractivity contribution >= 4 is 17.5 Å². The standard InChI is InChI=1S/C10H9N3O4/c1-2-3-9(14)12-10(15)7-4-8(13(16)17)6-11-5-7/h2-6H,1H3,(H,12,14,15)/b3-2+. The molecule has 0 radical (unpaired) electrons. The Hall–Kier alpha value is -2.57. The van der Waals surface area contributed by atoms with Crippen LogP contribution >= 0.6 is 0 Å². The number of hydrogen-bond donors (Lipinski definition) is 1. The van der Waals surface area contributed by atoms with Gasteiger partial charge in [-0.3, -0.25) is 30.0 Å². The third-order valence-electron chi connectivity index (χ3n) is 1.75. The highest BCUT2D eigenvalue weighted by molar-refractivity contribution is 6.07. The van der Waals surface area contributed by atoms with Gasteiger partial charge in [-0.2, -0.15) is 0 Å². The number of pyridine rings is 1. The number of rotatable bonds is 3. The number of imide groups is 1. The molecule has 0 spiro atoms. The minimum Gasteiger partial charge on any atom is -0.289 e. The SMILES string of the molecule is C/C=C/C(=O)NC(=O)c1cncc([N+](=O)[O-])c1. The summed E-state index contributed by atoms with van der Waals surface area (Å²) < 4.78 is 0. The molecule has 88 valence electrons. The van der Waals surface area contributed by atoms with Gasteiger partial charge in [0.25, 0.3) is 11.6 Å². The van der Waals surface area contributed by atoms with Gasteiger partial charge in [0, 0.05) is 12.3 Å². The lowest BCUT2D eigenvalue weighted by Crippen LogP contribution is -2.28. The average molecular weight is 235 g/mol. The number of hydrogen-bond acceptors (Lipinski definition) is 5. The molecule has 17 heavy (non-hydrogen) atoms. The molecule has 0 unspecified atom stereocenters. The molecule has 0 aliphatic carbocycles. The monoisotopic (exact) mass is 235 g/mol. The smallest absolute Gasteiger partial charge is 0.288 e. The maximum absolute atomic E-state index is 11.5. The Morgan fingerprint density at radius 1 is 1.47 bits per heavy atom. The first-order valence-corrected chi connectivity index (χ1v) is 4.62. The molecular formula is C10H9N3O4. The van der Waals surface area contributed by atoms with Crippen LogP contribution in [0.2, 0.25) is 0 Å². The Kier molecular flexibility index (Phi) is 4.04. The lowest BCUT2D eigenvalue weighted by atomic mass is 10.2. The topological polar surface area (TPSA) is 102 Å². The van der Waals surface area contributed by atoms with Crippen molar-refractivity contribution in [1.29, 1.82) is 0 Å². The van der Waals surface area contributed by atoms with Crippen molar-refractivity contribution in [2.45, 2.75) is 6.92 Å². The molecule has 1 rings (SSSR count). The van der Waals surface area contributed by atoms with E-state index in [-0.39, 0.29) is 11.3 Å². The number of nitro groups is 1. The van der Waals surface area contributed by atoms with Crippen LogP contribution in [0.25, 0.3) is 0 Å². The molecule has 1 N–H and O–H groups in total. The summed E-state index contributed by atoms with van der Waals surface area (Å²) in [7, 11) is 0. The Bertz CT molecular complexity index is 496. The van der Waals surface area contributed by atoms with Crippen molar-refractivity contribution in [3.63, 3.8) is 0 Å². The van der Waals surface area contributed by atoms with Crippen molar-refractivity contribution in [1.82, 2.24) is 10.3 Å². The molecule has 0 saturated carbocycles. The van der Waals surface area contributed by atoms with Gasteiger partial charge < -0.3 is 0 Å². The number of amides is 2. The Labute approximate surface area is 96.3 Å². The van der Waals surface area contributed by atoms with E-state index in [0.29, 0.717) is 0 Å². The highest BCUT2D eigenvalue weighted by atomic mass is 16.6. The van der Waals surface area contributed by atoms with Crippen LogP contribution in [0.5, 0.6) is 0 Å². The Morgan fingerprint density at radius 2 is 2.18 bits per heavy atom. The van der Waals surface area contributed by atoms with Crippen LogP contribution in [-0.4, -0.2) is 21.7 Å². The minimum atomic E-state index is -0.732. The van der Waals surface area contributed by atoms with Crippen LogP contribution in [0.15, 0.2) is 30.6 Å². The number of carbonyl (C=O) groups is 2. The van der Waals surface area contributed by atoms with E-state index in [1.165, 1.54) is 12.2 Å². The van der Waals surface area contributed by atoms with Crippen LogP contribution < -0.4 is 5.32 Å². The maximum Gasteiger partial charge on any atom is 0.288 e. The molecule has 1 aromatic rings. The highest BCUT2D eigenvalue weighted by Crippen LogP contribution is 2.10. The zero-order valence-electron chi connectivity index (χ0n) is 8.91. The molecule has 0 saturated heterocycles. The second kappa shape index (κ2) is 5.50. The molecule has 0 bridgehead atoms. The molecule has 0 aromatic carbocycles. The van der Waals surface area contributed by atoms with E-state index in [0.717, 1.165) is 18.5 Å². The van der Waals surface area contributed by atoms with Crippen molar-refractivity contribution in [2.24, 2.45) is 0 Å². The molecule has 7 heteroatoms. The van der Waals surface area contributed by atoms with Crippen LogP contribution in [-0.2, 0) is 4.79 Å². The number of nitrogens with one attached hydrogen (secondary N) is 1. The summed E-state index contributed by atoms with van der Waals surface area (Å²) in [5.41, 5.74) is -0.354. The molecule has 7 nitrogen and oxygen atoms in total. The lowest BCUT2D eigenvalue weighted by Gasteiger charge is -2.00. The van der Waals surface area contributed by atoms with Crippen LogP contribution in [0, 0.1) is 10.1 Å². The fourth-order valence-corrected chi connectivity index (χ4v) is 1.03. The fourth-order valence-electron chi connectivity index (χ4n) is 1.03. The quantitative estimate of drug-likeness (QED) is 0.474. The number of allylic oxidation sites excluding steroid dienone is 1.